The van der Waals surface area contributed by atoms with Gasteiger partial charge in [0.2, 0.25) is 5.17 Å². The Labute approximate surface area is 161 Å². The van der Waals surface area contributed by atoms with E-state index in [4.69, 9.17) is 5.41 Å². The van der Waals surface area contributed by atoms with Gasteiger partial charge in [0, 0.05) is 17.6 Å². The van der Waals surface area contributed by atoms with E-state index in [1.54, 1.807) is 6.08 Å². The lowest BCUT2D eigenvalue weighted by Crippen LogP contribution is -2.35. The molecule has 3 heterocycles. The number of aliphatic imine (C=N–C) groups is 1. The van der Waals surface area contributed by atoms with E-state index in [0.717, 1.165) is 34.0 Å². The van der Waals surface area contributed by atoms with E-state index in [1.807, 2.05) is 29.8 Å². The number of aromatic nitrogens is 1. The number of amidine groups is 2. The van der Waals surface area contributed by atoms with Crippen LogP contribution in [0.3, 0.4) is 0 Å². The van der Waals surface area contributed by atoms with E-state index in [-0.39, 0.29) is 11.4 Å². The number of fused-ring (bicyclic) bond motifs is 1. The van der Waals surface area contributed by atoms with Crippen LogP contribution < -0.4 is 0 Å². The zero-order chi connectivity index (χ0) is 19.1. The number of hydrogen-bond acceptors (Lipinski definition) is 4. The zero-order valence-electron chi connectivity index (χ0n) is 15.4. The highest BCUT2D eigenvalue weighted by Gasteiger charge is 2.35. The van der Waals surface area contributed by atoms with Crippen LogP contribution in [-0.4, -0.2) is 31.5 Å². The summed E-state index contributed by atoms with van der Waals surface area (Å²) in [6.45, 7) is 6.10. The molecule has 1 aromatic heterocycles. The minimum atomic E-state index is -0.403. The van der Waals surface area contributed by atoms with Crippen LogP contribution >= 0.6 is 11.8 Å². The molecule has 0 atom stereocenters. The number of carbonyl (C=O) groups excluding carboxylic acids is 1. The van der Waals surface area contributed by atoms with Crippen molar-refractivity contribution in [1.82, 2.24) is 9.58 Å². The van der Waals surface area contributed by atoms with Gasteiger partial charge in [-0.05, 0) is 67.4 Å². The highest BCUT2D eigenvalue weighted by molar-refractivity contribution is 8.26. The Balaban J connectivity index is 1.77. The number of hydrogen-bond donors (Lipinski definition) is 1. The minimum Gasteiger partial charge on any atom is -0.317 e. The number of nitrogens with one attached hydrogen (secondary N) is 1. The number of amides is 1. The molecule has 0 spiro atoms. The molecule has 0 unspecified atom stereocenters. The molecule has 0 fully saturated rings. The Bertz CT molecular complexity index is 1060. The summed E-state index contributed by atoms with van der Waals surface area (Å²) in [5, 5.41) is 15.6. The van der Waals surface area contributed by atoms with Gasteiger partial charge in [-0.15, -0.1) is 0 Å². The summed E-state index contributed by atoms with van der Waals surface area (Å²) in [5.41, 5.74) is 4.41. The SMILES string of the molecule is CCC1=NN2C(=N)/C(=C\c3cccn3-c3cc(C)ccc3C)C(=O)N=C2S1. The highest BCUT2D eigenvalue weighted by Crippen LogP contribution is 2.29. The van der Waals surface area contributed by atoms with E-state index >= 15 is 0 Å². The lowest BCUT2D eigenvalue weighted by Gasteiger charge is -2.20. The Kier molecular flexibility index (Phi) is 4.31. The van der Waals surface area contributed by atoms with Crippen molar-refractivity contribution in [2.75, 3.05) is 0 Å². The van der Waals surface area contributed by atoms with Crippen molar-refractivity contribution in [2.45, 2.75) is 27.2 Å². The van der Waals surface area contributed by atoms with Gasteiger partial charge < -0.3 is 4.57 Å². The topological polar surface area (TPSA) is 73.8 Å². The monoisotopic (exact) mass is 377 g/mol. The first kappa shape index (κ1) is 17.5. The second-order valence-corrected chi connectivity index (χ2v) is 7.50. The average Bonchev–Trinajstić information content (AvgIpc) is 3.27. The summed E-state index contributed by atoms with van der Waals surface area (Å²) >= 11 is 1.35. The van der Waals surface area contributed by atoms with Gasteiger partial charge in [-0.1, -0.05) is 19.1 Å². The van der Waals surface area contributed by atoms with Gasteiger partial charge in [0.25, 0.3) is 5.91 Å². The van der Waals surface area contributed by atoms with Crippen LogP contribution in [0.4, 0.5) is 0 Å². The second-order valence-electron chi connectivity index (χ2n) is 6.46. The highest BCUT2D eigenvalue weighted by atomic mass is 32.2. The third kappa shape index (κ3) is 3.04. The lowest BCUT2D eigenvalue weighted by molar-refractivity contribution is -0.114. The molecule has 1 aromatic carbocycles. The molecule has 0 bridgehead atoms. The largest absolute Gasteiger partial charge is 0.317 e. The first-order valence-electron chi connectivity index (χ1n) is 8.72. The van der Waals surface area contributed by atoms with Gasteiger partial charge in [-0.3, -0.25) is 10.2 Å². The van der Waals surface area contributed by atoms with Crippen molar-refractivity contribution in [2.24, 2.45) is 10.1 Å². The smallest absolute Gasteiger partial charge is 0.283 e. The van der Waals surface area contributed by atoms with Crippen molar-refractivity contribution in [3.05, 3.63) is 58.9 Å². The third-order valence-corrected chi connectivity index (χ3v) is 5.55. The predicted octanol–water partition coefficient (Wildman–Crippen LogP) is 4.12. The summed E-state index contributed by atoms with van der Waals surface area (Å²) in [6, 6.07) is 10.1. The summed E-state index contributed by atoms with van der Waals surface area (Å²) in [4.78, 5) is 16.7. The predicted molar refractivity (Wildman–Crippen MR) is 111 cm³/mol. The molecular weight excluding hydrogens is 358 g/mol. The maximum Gasteiger partial charge on any atom is 0.283 e. The maximum absolute atomic E-state index is 12.5. The Morgan fingerprint density at radius 2 is 2.07 bits per heavy atom. The van der Waals surface area contributed by atoms with Gasteiger partial charge >= 0.3 is 0 Å². The Morgan fingerprint density at radius 3 is 2.85 bits per heavy atom. The average molecular weight is 377 g/mol. The molecule has 0 radical (unpaired) electrons. The lowest BCUT2D eigenvalue weighted by atomic mass is 10.1. The van der Waals surface area contributed by atoms with Crippen LogP contribution in [0.1, 0.15) is 30.2 Å². The fourth-order valence-electron chi connectivity index (χ4n) is 3.03. The molecule has 1 N–H and O–H groups in total. The molecule has 2 aliphatic rings. The van der Waals surface area contributed by atoms with Crippen LogP contribution in [0.2, 0.25) is 0 Å². The summed E-state index contributed by atoms with van der Waals surface area (Å²) in [7, 11) is 0. The quantitative estimate of drug-likeness (QED) is 0.818. The standard InChI is InChI=1S/C20H19N5OS/c1-4-17-23-25-18(21)15(19(26)22-20(25)27-17)11-14-6-5-9-24(14)16-10-12(2)7-8-13(16)3/h5-11,21H,4H2,1-3H3/b15-11+,21-18?. The molecule has 4 rings (SSSR count). The van der Waals surface area contributed by atoms with Crippen molar-refractivity contribution in [3.8, 4) is 5.69 Å². The molecule has 136 valence electrons. The first-order valence-corrected chi connectivity index (χ1v) is 9.53. The summed E-state index contributed by atoms with van der Waals surface area (Å²) < 4.78 is 2.02. The fraction of sp³-hybridized carbons (Fsp3) is 0.200. The molecule has 1 amide bonds. The van der Waals surface area contributed by atoms with Gasteiger partial charge in [0.05, 0.1) is 5.57 Å². The number of benzene rings is 1. The van der Waals surface area contributed by atoms with E-state index in [1.165, 1.54) is 16.8 Å². The van der Waals surface area contributed by atoms with Gasteiger partial charge in [-0.2, -0.15) is 15.1 Å². The van der Waals surface area contributed by atoms with Crippen LogP contribution in [0, 0.1) is 19.3 Å². The first-order chi connectivity index (χ1) is 13.0. The van der Waals surface area contributed by atoms with Crippen LogP contribution in [0.25, 0.3) is 11.8 Å². The van der Waals surface area contributed by atoms with E-state index in [9.17, 15) is 4.79 Å². The normalized spacial score (nSPS) is 18.0. The molecule has 0 saturated heterocycles. The molecule has 2 aliphatic heterocycles. The molecule has 2 aromatic rings. The van der Waals surface area contributed by atoms with Crippen LogP contribution in [0.15, 0.2) is 52.2 Å². The van der Waals surface area contributed by atoms with Crippen LogP contribution in [-0.2, 0) is 4.79 Å². The molecule has 6 nitrogen and oxygen atoms in total. The van der Waals surface area contributed by atoms with Crippen molar-refractivity contribution in [1.29, 1.82) is 5.41 Å². The molecule has 0 saturated carbocycles. The Morgan fingerprint density at radius 1 is 1.26 bits per heavy atom. The van der Waals surface area contributed by atoms with E-state index < -0.39 is 5.91 Å². The van der Waals surface area contributed by atoms with Crippen LogP contribution in [0.5, 0.6) is 0 Å². The van der Waals surface area contributed by atoms with Gasteiger partial charge in [0.1, 0.15) is 5.04 Å². The summed E-state index contributed by atoms with van der Waals surface area (Å²) in [5.74, 6) is -0.338. The van der Waals surface area contributed by atoms with Gasteiger partial charge in [0.15, 0.2) is 5.84 Å². The number of nitrogens with zero attached hydrogens (tertiary/aromatic N) is 4. The number of carbonyl (C=O) groups is 1. The number of hydrazone groups is 1. The molecular formula is C20H19N5OS. The van der Waals surface area contributed by atoms with E-state index in [2.05, 4.69) is 42.1 Å². The number of aryl methyl sites for hydroxylation is 2. The second kappa shape index (κ2) is 6.66. The molecule has 27 heavy (non-hydrogen) atoms. The fourth-order valence-corrected chi connectivity index (χ4v) is 3.86. The van der Waals surface area contributed by atoms with Crippen molar-refractivity contribution < 1.29 is 4.79 Å². The minimum absolute atomic E-state index is 0.0645. The number of rotatable bonds is 3. The Hall–Kier alpha value is -2.93. The molecule has 7 heteroatoms. The zero-order valence-corrected chi connectivity index (χ0v) is 16.2. The summed E-state index contributed by atoms with van der Waals surface area (Å²) in [6.07, 6.45) is 4.42. The van der Waals surface area contributed by atoms with Crippen molar-refractivity contribution >= 4 is 39.8 Å². The van der Waals surface area contributed by atoms with E-state index in [0.29, 0.717) is 5.17 Å². The van der Waals surface area contributed by atoms with Crippen molar-refractivity contribution in [3.63, 3.8) is 0 Å². The maximum atomic E-state index is 12.5. The van der Waals surface area contributed by atoms with Gasteiger partial charge in [-0.25, -0.2) is 0 Å². The third-order valence-electron chi connectivity index (χ3n) is 4.50. The number of thioether (sulfide) groups is 1. The molecule has 0 aliphatic carbocycles.